The van der Waals surface area contributed by atoms with Crippen molar-refractivity contribution < 1.29 is 9.90 Å². The fourth-order valence-corrected chi connectivity index (χ4v) is 3.57. The van der Waals surface area contributed by atoms with Gasteiger partial charge in [0.15, 0.2) is 5.96 Å². The second kappa shape index (κ2) is 12.3. The number of aliphatic hydroxyl groups excluding tert-OH is 1. The molecule has 158 valence electrons. The maximum absolute atomic E-state index is 12.4. The van der Waals surface area contributed by atoms with Crippen molar-refractivity contribution in [3.63, 3.8) is 0 Å². The van der Waals surface area contributed by atoms with Gasteiger partial charge in [0, 0.05) is 38.3 Å². The molecule has 0 bridgehead atoms. The molecule has 1 aromatic carbocycles. The Morgan fingerprint density at radius 1 is 1.25 bits per heavy atom. The number of aliphatic hydroxyl groups is 1. The Kier molecular flexibility index (Phi) is 10.8. The number of hydrogen-bond acceptors (Lipinski definition) is 3. The lowest BCUT2D eigenvalue weighted by Gasteiger charge is -2.29. The van der Waals surface area contributed by atoms with E-state index in [2.05, 4.69) is 24.5 Å². The van der Waals surface area contributed by atoms with Gasteiger partial charge in [-0.3, -0.25) is 9.79 Å². The fourth-order valence-electron chi connectivity index (χ4n) is 3.57. The summed E-state index contributed by atoms with van der Waals surface area (Å²) in [5.41, 5.74) is 0.964. The highest BCUT2D eigenvalue weighted by molar-refractivity contribution is 14.0. The second-order valence-electron chi connectivity index (χ2n) is 7.26. The number of hydrogen-bond donors (Lipinski definition) is 3. The highest BCUT2D eigenvalue weighted by Gasteiger charge is 2.31. The normalized spacial score (nSPS) is 17.4. The van der Waals surface area contributed by atoms with Gasteiger partial charge in [0.25, 0.3) is 0 Å². The Bertz CT molecular complexity index is 620. The monoisotopic (exact) mass is 502 g/mol. The second-order valence-corrected chi connectivity index (χ2v) is 7.26. The molecule has 1 aromatic rings. The van der Waals surface area contributed by atoms with Gasteiger partial charge < -0.3 is 20.6 Å². The summed E-state index contributed by atoms with van der Waals surface area (Å²) in [6, 6.07) is 9.81. The molecule has 1 aliphatic rings. The van der Waals surface area contributed by atoms with Crippen LogP contribution in [0.2, 0.25) is 0 Å². The van der Waals surface area contributed by atoms with Gasteiger partial charge >= 0.3 is 0 Å². The number of nitrogens with one attached hydrogen (secondary N) is 2. The van der Waals surface area contributed by atoms with Crippen LogP contribution in [0.5, 0.6) is 0 Å². The Labute approximate surface area is 186 Å². The maximum atomic E-state index is 12.4. The molecule has 1 heterocycles. The molecule has 1 unspecified atom stereocenters. The molecule has 0 saturated carbocycles. The van der Waals surface area contributed by atoms with Gasteiger partial charge in [-0.25, -0.2) is 0 Å². The highest BCUT2D eigenvalue weighted by atomic mass is 127. The highest BCUT2D eigenvalue weighted by Crippen LogP contribution is 2.30. The summed E-state index contributed by atoms with van der Waals surface area (Å²) in [5, 5.41) is 16.1. The third-order valence-corrected chi connectivity index (χ3v) is 5.59. The summed E-state index contributed by atoms with van der Waals surface area (Å²) in [6.07, 6.45) is 3.18. The average molecular weight is 502 g/mol. The largest absolute Gasteiger partial charge is 0.396 e. The summed E-state index contributed by atoms with van der Waals surface area (Å²) >= 11 is 0. The Balaban J connectivity index is 0.00000392. The van der Waals surface area contributed by atoms with Crippen LogP contribution in [0, 0.1) is 5.41 Å². The van der Waals surface area contributed by atoms with E-state index in [-0.39, 0.29) is 47.9 Å². The van der Waals surface area contributed by atoms with Crippen molar-refractivity contribution >= 4 is 41.5 Å². The molecule has 1 aliphatic heterocycles. The molecule has 0 aromatic heterocycles. The van der Waals surface area contributed by atoms with Crippen LogP contribution in [0.15, 0.2) is 35.3 Å². The number of guanidine groups is 1. The number of anilines is 1. The van der Waals surface area contributed by atoms with E-state index >= 15 is 0 Å². The Morgan fingerprint density at radius 3 is 2.50 bits per heavy atom. The van der Waals surface area contributed by atoms with Crippen LogP contribution in [-0.2, 0) is 4.79 Å². The summed E-state index contributed by atoms with van der Waals surface area (Å²) in [7, 11) is 0. The topological polar surface area (TPSA) is 77.0 Å². The van der Waals surface area contributed by atoms with E-state index in [0.29, 0.717) is 19.5 Å². The molecule has 1 fully saturated rings. The molecule has 2 rings (SSSR count). The average Bonchev–Trinajstić information content (AvgIpc) is 3.06. The molecule has 0 spiro atoms. The van der Waals surface area contributed by atoms with Crippen molar-refractivity contribution in [3.8, 4) is 0 Å². The maximum Gasteiger partial charge on any atom is 0.229 e. The van der Waals surface area contributed by atoms with Crippen molar-refractivity contribution in [2.75, 3.05) is 31.1 Å². The van der Waals surface area contributed by atoms with E-state index in [4.69, 9.17) is 4.99 Å². The Hall–Kier alpha value is -1.35. The van der Waals surface area contributed by atoms with Crippen LogP contribution in [0.4, 0.5) is 5.69 Å². The molecule has 7 heteroatoms. The lowest BCUT2D eigenvalue weighted by atomic mass is 9.79. The molecular formula is C21H35IN4O2. The molecule has 0 radical (unpaired) electrons. The number of rotatable bonds is 9. The third-order valence-electron chi connectivity index (χ3n) is 5.59. The van der Waals surface area contributed by atoms with Gasteiger partial charge in [-0.1, -0.05) is 32.0 Å². The molecule has 28 heavy (non-hydrogen) atoms. The zero-order valence-corrected chi connectivity index (χ0v) is 19.6. The first-order valence-electron chi connectivity index (χ1n) is 10.1. The Morgan fingerprint density at radius 2 is 1.93 bits per heavy atom. The molecule has 3 N–H and O–H groups in total. The predicted molar refractivity (Wildman–Crippen MR) is 126 cm³/mol. The fraction of sp³-hybridized carbons (Fsp3) is 0.619. The van der Waals surface area contributed by atoms with Crippen LogP contribution in [0.1, 0.15) is 46.5 Å². The van der Waals surface area contributed by atoms with E-state index in [1.807, 2.05) is 42.2 Å². The van der Waals surface area contributed by atoms with E-state index in [9.17, 15) is 9.90 Å². The number of para-hydroxylation sites is 1. The van der Waals surface area contributed by atoms with Crippen molar-refractivity contribution in [1.29, 1.82) is 0 Å². The summed E-state index contributed by atoms with van der Waals surface area (Å²) in [4.78, 5) is 19.0. The zero-order chi connectivity index (χ0) is 19.7. The minimum absolute atomic E-state index is 0. The predicted octanol–water partition coefficient (Wildman–Crippen LogP) is 3.15. The van der Waals surface area contributed by atoms with Crippen LogP contribution in [0.25, 0.3) is 0 Å². The number of benzene rings is 1. The lowest BCUT2D eigenvalue weighted by molar-refractivity contribution is -0.117. The molecular weight excluding hydrogens is 467 g/mol. The van der Waals surface area contributed by atoms with Crippen molar-refractivity contribution in [2.45, 2.75) is 52.5 Å². The van der Waals surface area contributed by atoms with E-state index in [0.717, 1.165) is 37.5 Å². The molecule has 1 saturated heterocycles. The standard InChI is InChI=1S/C21H34N4O2.HI/c1-4-21(5-2,12-13-26)16-23-20(22-6-3)24-17-14-19(27)25(15-17)18-10-8-7-9-11-18;/h7-11,17,26H,4-6,12-16H2,1-3H3,(H2,22,23,24);1H. The number of amides is 1. The molecule has 6 nitrogen and oxygen atoms in total. The summed E-state index contributed by atoms with van der Waals surface area (Å²) in [6.45, 7) is 8.60. The smallest absolute Gasteiger partial charge is 0.229 e. The first-order valence-corrected chi connectivity index (χ1v) is 10.1. The van der Waals surface area contributed by atoms with Gasteiger partial charge in [-0.15, -0.1) is 24.0 Å². The summed E-state index contributed by atoms with van der Waals surface area (Å²) in [5.74, 6) is 0.876. The zero-order valence-electron chi connectivity index (χ0n) is 17.3. The number of carbonyl (C=O) groups excluding carboxylic acids is 1. The number of nitrogens with zero attached hydrogens (tertiary/aromatic N) is 2. The van der Waals surface area contributed by atoms with Crippen molar-refractivity contribution in [2.24, 2.45) is 10.4 Å². The molecule has 1 amide bonds. The van der Waals surface area contributed by atoms with E-state index in [1.54, 1.807) is 0 Å². The number of aliphatic imine (C=N–C) groups is 1. The van der Waals surface area contributed by atoms with Gasteiger partial charge in [0.1, 0.15) is 0 Å². The van der Waals surface area contributed by atoms with Crippen LogP contribution < -0.4 is 15.5 Å². The quantitative estimate of drug-likeness (QED) is 0.276. The summed E-state index contributed by atoms with van der Waals surface area (Å²) < 4.78 is 0. The van der Waals surface area contributed by atoms with Crippen LogP contribution in [0.3, 0.4) is 0 Å². The number of halogens is 1. The first-order chi connectivity index (χ1) is 13.1. The molecule has 0 aliphatic carbocycles. The van der Waals surface area contributed by atoms with Crippen molar-refractivity contribution in [1.82, 2.24) is 10.6 Å². The van der Waals surface area contributed by atoms with Gasteiger partial charge in [-0.2, -0.15) is 0 Å². The lowest BCUT2D eigenvalue weighted by Crippen LogP contribution is -2.45. The van der Waals surface area contributed by atoms with E-state index < -0.39 is 0 Å². The minimum atomic E-state index is 0. The van der Waals surface area contributed by atoms with Crippen LogP contribution >= 0.6 is 24.0 Å². The number of carbonyl (C=O) groups is 1. The molecule has 1 atom stereocenters. The third kappa shape index (κ3) is 6.62. The van der Waals surface area contributed by atoms with Gasteiger partial charge in [0.2, 0.25) is 5.91 Å². The minimum Gasteiger partial charge on any atom is -0.396 e. The first kappa shape index (κ1) is 24.7. The van der Waals surface area contributed by atoms with Gasteiger partial charge in [0.05, 0.1) is 6.04 Å². The van der Waals surface area contributed by atoms with Crippen molar-refractivity contribution in [3.05, 3.63) is 30.3 Å². The van der Waals surface area contributed by atoms with Gasteiger partial charge in [-0.05, 0) is 43.7 Å². The van der Waals surface area contributed by atoms with Crippen LogP contribution in [-0.4, -0.2) is 49.3 Å². The SMILES string of the molecule is CCNC(=NCC(CC)(CC)CCO)NC1CC(=O)N(c2ccccc2)C1.I. The van der Waals surface area contributed by atoms with E-state index in [1.165, 1.54) is 0 Å².